The van der Waals surface area contributed by atoms with Crippen LogP contribution < -0.4 is 11.1 Å². The molecule has 0 saturated heterocycles. The van der Waals surface area contributed by atoms with E-state index in [1.807, 2.05) is 24.3 Å². The Hall–Kier alpha value is -2.01. The fourth-order valence-electron chi connectivity index (χ4n) is 1.28. The monoisotopic (exact) mass is 215 g/mol. The second-order valence-electron chi connectivity index (χ2n) is 3.24. The number of nitrogens with one attached hydrogen (secondary N) is 1. The molecule has 0 atom stereocenters. The Kier molecular flexibility index (Phi) is 3.40. The third-order valence-electron chi connectivity index (χ3n) is 2.06. The van der Waals surface area contributed by atoms with Gasteiger partial charge in [0.25, 0.3) is 0 Å². The summed E-state index contributed by atoms with van der Waals surface area (Å²) >= 11 is 0. The van der Waals surface area contributed by atoms with E-state index in [0.717, 1.165) is 11.5 Å². The summed E-state index contributed by atoms with van der Waals surface area (Å²) in [6, 6.07) is 7.61. The van der Waals surface area contributed by atoms with Gasteiger partial charge in [-0.1, -0.05) is 6.07 Å². The number of anilines is 1. The molecule has 0 aromatic carbocycles. The van der Waals surface area contributed by atoms with Crippen LogP contribution in [0.5, 0.6) is 0 Å². The predicted octanol–water partition coefficient (Wildman–Crippen LogP) is 0.942. The van der Waals surface area contributed by atoms with E-state index in [0.29, 0.717) is 18.9 Å². The molecule has 0 fully saturated rings. The van der Waals surface area contributed by atoms with Gasteiger partial charge in [-0.15, -0.1) is 0 Å². The van der Waals surface area contributed by atoms with Gasteiger partial charge in [0.1, 0.15) is 11.6 Å². The standard InChI is InChI=1S/C11H13N5/c12-7-11-14-6-4-10(16-11)15-8-9-3-1-2-5-13-9/h1-6H,7-8,12H2,(H,14,15,16). The zero-order valence-corrected chi connectivity index (χ0v) is 8.80. The lowest BCUT2D eigenvalue weighted by atomic mass is 10.3. The van der Waals surface area contributed by atoms with Gasteiger partial charge in [-0.25, -0.2) is 9.97 Å². The van der Waals surface area contributed by atoms with E-state index in [1.165, 1.54) is 0 Å². The quantitative estimate of drug-likeness (QED) is 0.793. The minimum atomic E-state index is 0.346. The zero-order chi connectivity index (χ0) is 11.2. The van der Waals surface area contributed by atoms with Gasteiger partial charge >= 0.3 is 0 Å². The second-order valence-corrected chi connectivity index (χ2v) is 3.24. The molecular formula is C11H13N5. The fourth-order valence-corrected chi connectivity index (χ4v) is 1.28. The van der Waals surface area contributed by atoms with Gasteiger partial charge in [-0.3, -0.25) is 4.98 Å². The average Bonchev–Trinajstić information content (AvgIpc) is 2.38. The molecule has 0 saturated carbocycles. The van der Waals surface area contributed by atoms with Crippen molar-refractivity contribution in [3.63, 3.8) is 0 Å². The molecule has 82 valence electrons. The summed E-state index contributed by atoms with van der Waals surface area (Å²) in [7, 11) is 0. The van der Waals surface area contributed by atoms with Gasteiger partial charge in [-0.05, 0) is 18.2 Å². The molecule has 0 bridgehead atoms. The van der Waals surface area contributed by atoms with Gasteiger partial charge in [0.05, 0.1) is 18.8 Å². The molecule has 0 aliphatic carbocycles. The Balaban J connectivity index is 1.99. The molecule has 2 aromatic rings. The molecule has 0 aliphatic heterocycles. The average molecular weight is 215 g/mol. The maximum absolute atomic E-state index is 5.46. The lowest BCUT2D eigenvalue weighted by Gasteiger charge is -2.05. The SMILES string of the molecule is NCc1nccc(NCc2ccccn2)n1. The van der Waals surface area contributed by atoms with Crippen molar-refractivity contribution in [1.29, 1.82) is 0 Å². The van der Waals surface area contributed by atoms with E-state index in [-0.39, 0.29) is 0 Å². The first kappa shape index (κ1) is 10.5. The topological polar surface area (TPSA) is 76.7 Å². The van der Waals surface area contributed by atoms with Crippen LogP contribution in [0.4, 0.5) is 5.82 Å². The van der Waals surface area contributed by atoms with Crippen molar-refractivity contribution in [3.05, 3.63) is 48.2 Å². The van der Waals surface area contributed by atoms with Crippen LogP contribution in [0.15, 0.2) is 36.7 Å². The number of nitrogens with two attached hydrogens (primary N) is 1. The largest absolute Gasteiger partial charge is 0.364 e. The summed E-state index contributed by atoms with van der Waals surface area (Å²) in [6.07, 6.45) is 3.46. The molecule has 2 rings (SSSR count). The fraction of sp³-hybridized carbons (Fsp3) is 0.182. The first-order valence-corrected chi connectivity index (χ1v) is 5.04. The molecule has 2 aromatic heterocycles. The Labute approximate surface area is 93.8 Å². The lowest BCUT2D eigenvalue weighted by Crippen LogP contribution is -2.07. The van der Waals surface area contributed by atoms with Crippen molar-refractivity contribution < 1.29 is 0 Å². The highest BCUT2D eigenvalue weighted by Gasteiger charge is 1.97. The maximum atomic E-state index is 5.46. The van der Waals surface area contributed by atoms with E-state index in [2.05, 4.69) is 20.3 Å². The smallest absolute Gasteiger partial charge is 0.144 e. The number of pyridine rings is 1. The van der Waals surface area contributed by atoms with Crippen molar-refractivity contribution >= 4 is 5.82 Å². The first-order valence-electron chi connectivity index (χ1n) is 5.04. The molecule has 0 aliphatic rings. The van der Waals surface area contributed by atoms with E-state index in [4.69, 9.17) is 5.73 Å². The molecule has 0 amide bonds. The van der Waals surface area contributed by atoms with Crippen molar-refractivity contribution in [3.8, 4) is 0 Å². The number of aromatic nitrogens is 3. The van der Waals surface area contributed by atoms with Crippen LogP contribution in [0.3, 0.4) is 0 Å². The van der Waals surface area contributed by atoms with E-state index in [1.54, 1.807) is 12.4 Å². The van der Waals surface area contributed by atoms with E-state index in [9.17, 15) is 0 Å². The summed E-state index contributed by atoms with van der Waals surface area (Å²) in [4.78, 5) is 12.5. The van der Waals surface area contributed by atoms with Gasteiger partial charge < -0.3 is 11.1 Å². The van der Waals surface area contributed by atoms with Crippen LogP contribution in [0.2, 0.25) is 0 Å². The number of nitrogens with zero attached hydrogens (tertiary/aromatic N) is 3. The lowest BCUT2D eigenvalue weighted by molar-refractivity contribution is 0.901. The predicted molar refractivity (Wildman–Crippen MR) is 61.5 cm³/mol. The van der Waals surface area contributed by atoms with Gasteiger partial charge in [0.2, 0.25) is 0 Å². The number of rotatable bonds is 4. The molecule has 2 heterocycles. The second kappa shape index (κ2) is 5.18. The third kappa shape index (κ3) is 2.74. The van der Waals surface area contributed by atoms with Crippen LogP contribution in [-0.4, -0.2) is 15.0 Å². The summed E-state index contributed by atoms with van der Waals surface area (Å²) in [6.45, 7) is 0.987. The molecule has 5 nitrogen and oxygen atoms in total. The van der Waals surface area contributed by atoms with Crippen LogP contribution in [0.25, 0.3) is 0 Å². The Morgan fingerprint density at radius 1 is 1.12 bits per heavy atom. The van der Waals surface area contributed by atoms with Crippen molar-refractivity contribution in [2.24, 2.45) is 5.73 Å². The summed E-state index contributed by atoms with van der Waals surface area (Å²) in [5.74, 6) is 1.40. The molecular weight excluding hydrogens is 202 g/mol. The maximum Gasteiger partial charge on any atom is 0.144 e. The van der Waals surface area contributed by atoms with Crippen molar-refractivity contribution in [2.45, 2.75) is 13.1 Å². The minimum absolute atomic E-state index is 0.346. The molecule has 0 unspecified atom stereocenters. The highest BCUT2D eigenvalue weighted by atomic mass is 15.0. The summed E-state index contributed by atoms with van der Waals surface area (Å²) < 4.78 is 0. The highest BCUT2D eigenvalue weighted by molar-refractivity contribution is 5.33. The Morgan fingerprint density at radius 3 is 2.81 bits per heavy atom. The summed E-state index contributed by atoms with van der Waals surface area (Å²) in [5, 5.41) is 3.17. The van der Waals surface area contributed by atoms with Crippen LogP contribution in [0, 0.1) is 0 Å². The minimum Gasteiger partial charge on any atom is -0.364 e. The number of hydrogen-bond donors (Lipinski definition) is 2. The van der Waals surface area contributed by atoms with E-state index < -0.39 is 0 Å². The molecule has 5 heteroatoms. The van der Waals surface area contributed by atoms with Crippen LogP contribution >= 0.6 is 0 Å². The third-order valence-corrected chi connectivity index (χ3v) is 2.06. The Morgan fingerprint density at radius 2 is 2.06 bits per heavy atom. The number of hydrogen-bond acceptors (Lipinski definition) is 5. The van der Waals surface area contributed by atoms with Gasteiger partial charge in [0.15, 0.2) is 0 Å². The molecule has 16 heavy (non-hydrogen) atoms. The molecule has 0 spiro atoms. The normalized spacial score (nSPS) is 10.1. The highest BCUT2D eigenvalue weighted by Crippen LogP contribution is 2.03. The first-order chi connectivity index (χ1) is 7.88. The van der Waals surface area contributed by atoms with Gasteiger partial charge in [-0.2, -0.15) is 0 Å². The van der Waals surface area contributed by atoms with Crippen LogP contribution in [-0.2, 0) is 13.1 Å². The zero-order valence-electron chi connectivity index (χ0n) is 8.80. The van der Waals surface area contributed by atoms with Crippen molar-refractivity contribution in [2.75, 3.05) is 5.32 Å². The van der Waals surface area contributed by atoms with Crippen LogP contribution in [0.1, 0.15) is 11.5 Å². The molecule has 0 radical (unpaired) electrons. The summed E-state index contributed by atoms with van der Waals surface area (Å²) in [5.41, 5.74) is 6.43. The van der Waals surface area contributed by atoms with Crippen molar-refractivity contribution in [1.82, 2.24) is 15.0 Å². The van der Waals surface area contributed by atoms with E-state index >= 15 is 0 Å². The Bertz CT molecular complexity index is 443. The van der Waals surface area contributed by atoms with Gasteiger partial charge in [0, 0.05) is 12.4 Å². The molecule has 3 N–H and O–H groups in total.